The van der Waals surface area contributed by atoms with E-state index in [1.807, 2.05) is 6.20 Å². The number of allylic oxidation sites excluding steroid dienone is 2. The van der Waals surface area contributed by atoms with E-state index in [1.165, 1.54) is 44.1 Å². The normalized spacial score (nSPS) is 20.8. The van der Waals surface area contributed by atoms with E-state index in [2.05, 4.69) is 33.4 Å². The van der Waals surface area contributed by atoms with Crippen LogP contribution in [0, 0.1) is 17.8 Å². The van der Waals surface area contributed by atoms with Crippen LogP contribution in [0.15, 0.2) is 23.9 Å². The van der Waals surface area contributed by atoms with Crippen LogP contribution in [0.25, 0.3) is 33.6 Å². The Morgan fingerprint density at radius 3 is 1.35 bits per heavy atom. The van der Waals surface area contributed by atoms with Crippen molar-refractivity contribution in [3.63, 3.8) is 0 Å². The van der Waals surface area contributed by atoms with Crippen LogP contribution in [0.3, 0.4) is 0 Å². The first-order valence-electron chi connectivity index (χ1n) is 9.86. The maximum absolute atomic E-state index is 4.40. The van der Waals surface area contributed by atoms with Gasteiger partial charge in [-0.25, -0.2) is 0 Å². The monoisotopic (exact) mass is 585 g/mol. The van der Waals surface area contributed by atoms with Gasteiger partial charge >= 0.3 is 51.2 Å². The van der Waals surface area contributed by atoms with Crippen molar-refractivity contribution in [2.75, 3.05) is 45.8 Å². The largest absolute Gasteiger partial charge is 2.00 e. The van der Waals surface area contributed by atoms with Crippen LogP contribution in [0.2, 0.25) is 0 Å². The second-order valence-corrected chi connectivity index (χ2v) is 7.35. The molecule has 0 spiro atoms. The summed E-state index contributed by atoms with van der Waals surface area (Å²) in [7, 11) is 0. The molecule has 0 amide bonds. The molecule has 3 saturated heterocycles. The van der Waals surface area contributed by atoms with E-state index in [0.29, 0.717) is 0 Å². The molecule has 4 aliphatic rings. The van der Waals surface area contributed by atoms with Crippen molar-refractivity contribution in [3.8, 4) is 0 Å². The molecule has 0 aromatic rings. The van der Waals surface area contributed by atoms with E-state index >= 15 is 0 Å². The third-order valence-corrected chi connectivity index (χ3v) is 5.85. The third-order valence-electron chi connectivity index (χ3n) is 5.85. The molecule has 0 unspecified atom stereocenters. The molecule has 0 saturated carbocycles. The molecule has 0 atom stereocenters. The fraction of sp³-hybridized carbons (Fsp3) is 0.800. The molecule has 11 heteroatoms. The van der Waals surface area contributed by atoms with Crippen LogP contribution in [0.5, 0.6) is 0 Å². The summed E-state index contributed by atoms with van der Waals surface area (Å²) in [5, 5.41) is 17.3. The molecule has 8 N–H and O–H groups in total. The van der Waals surface area contributed by atoms with E-state index in [-0.39, 0.29) is 74.5 Å². The van der Waals surface area contributed by atoms with Gasteiger partial charge in [-0.2, -0.15) is 6.20 Å². The molecule has 31 heavy (non-hydrogen) atoms. The summed E-state index contributed by atoms with van der Waals surface area (Å²) >= 11 is 0. The van der Waals surface area contributed by atoms with Gasteiger partial charge < -0.3 is 44.5 Å². The van der Waals surface area contributed by atoms with E-state index in [9.17, 15) is 0 Å². The summed E-state index contributed by atoms with van der Waals surface area (Å²) in [6.07, 6.45) is 14.2. The Balaban J connectivity index is -0.000000119. The Labute approximate surface area is 220 Å². The van der Waals surface area contributed by atoms with Gasteiger partial charge in [-0.3, -0.25) is 0 Å². The molecule has 4 rings (SSSR count). The zero-order valence-electron chi connectivity index (χ0n) is 18.0. The Bertz CT molecular complexity index is 413. The molecule has 4 aliphatic heterocycles. The van der Waals surface area contributed by atoms with Crippen LogP contribution in [0.1, 0.15) is 38.5 Å². The SMILES string of the molecule is C1=CC(C2CC[N-]CC2)=CC[N-]1.C1CC(C2CC[N-]CC2)CC[N-]1.O.O.[Cu+2].[Cu+2].[Cu+2].[NH2-].[NH2-]. The van der Waals surface area contributed by atoms with Gasteiger partial charge in [0.2, 0.25) is 0 Å². The first-order valence-corrected chi connectivity index (χ1v) is 9.86. The quantitative estimate of drug-likeness (QED) is 0.397. The number of nitrogens with zero attached hydrogens (tertiary/aromatic N) is 4. The Morgan fingerprint density at radius 2 is 1.00 bits per heavy atom. The van der Waals surface area contributed by atoms with E-state index in [4.69, 9.17) is 0 Å². The summed E-state index contributed by atoms with van der Waals surface area (Å²) in [5.41, 5.74) is 1.49. The molecule has 0 aliphatic carbocycles. The average molecular weight is 587 g/mol. The van der Waals surface area contributed by atoms with Gasteiger partial charge in [-0.15, -0.1) is 45.8 Å². The number of nitrogens with two attached hydrogens (primary N) is 2. The minimum absolute atomic E-state index is 0. The zero-order chi connectivity index (χ0) is 16.5. The van der Waals surface area contributed by atoms with Crippen molar-refractivity contribution in [2.24, 2.45) is 17.8 Å². The topological polar surface area (TPSA) is 186 Å². The molecule has 195 valence electrons. The zero-order valence-corrected chi connectivity index (χ0v) is 20.8. The Morgan fingerprint density at radius 1 is 0.613 bits per heavy atom. The number of hydrogen-bond acceptors (Lipinski definition) is 0. The summed E-state index contributed by atoms with van der Waals surface area (Å²) in [4.78, 5) is 0. The second kappa shape index (κ2) is 25.2. The van der Waals surface area contributed by atoms with Crippen molar-refractivity contribution >= 4 is 0 Å². The van der Waals surface area contributed by atoms with Gasteiger partial charge in [-0.05, 0) is 17.8 Å². The summed E-state index contributed by atoms with van der Waals surface area (Å²) < 4.78 is 0. The van der Waals surface area contributed by atoms with Gasteiger partial charge in [-0.1, -0.05) is 56.3 Å². The van der Waals surface area contributed by atoms with Gasteiger partial charge in [0.15, 0.2) is 0 Å². The predicted molar refractivity (Wildman–Crippen MR) is 121 cm³/mol. The van der Waals surface area contributed by atoms with E-state index in [1.54, 1.807) is 0 Å². The van der Waals surface area contributed by atoms with Crippen LogP contribution in [-0.4, -0.2) is 56.8 Å². The van der Waals surface area contributed by atoms with E-state index in [0.717, 1.165) is 63.6 Å². The Kier molecular flexibility index (Phi) is 33.9. The minimum Gasteiger partial charge on any atom is -0.693 e. The van der Waals surface area contributed by atoms with Gasteiger partial charge in [0.1, 0.15) is 0 Å². The Hall–Kier alpha value is 0.558. The molecule has 0 aromatic heterocycles. The van der Waals surface area contributed by atoms with Crippen LogP contribution in [0.4, 0.5) is 0 Å². The van der Waals surface area contributed by atoms with Gasteiger partial charge in [0.25, 0.3) is 0 Å². The minimum atomic E-state index is 0. The van der Waals surface area contributed by atoms with Crippen LogP contribution in [-0.2, 0) is 51.2 Å². The fourth-order valence-corrected chi connectivity index (χ4v) is 4.30. The number of rotatable bonds is 2. The number of hydrogen-bond donors (Lipinski definition) is 0. The molecular formula is C20H40Cu3N6O2. The molecule has 4 heterocycles. The van der Waals surface area contributed by atoms with E-state index < -0.39 is 0 Å². The van der Waals surface area contributed by atoms with Gasteiger partial charge in [0.05, 0.1) is 0 Å². The smallest absolute Gasteiger partial charge is 0.693 e. The predicted octanol–water partition coefficient (Wildman–Crippen LogP) is 4.93. The molecule has 0 bridgehead atoms. The molecule has 8 nitrogen and oxygen atoms in total. The second-order valence-electron chi connectivity index (χ2n) is 7.35. The maximum atomic E-state index is 4.40. The van der Waals surface area contributed by atoms with Crippen molar-refractivity contribution in [1.29, 1.82) is 0 Å². The first kappa shape index (κ1) is 41.8. The van der Waals surface area contributed by atoms with Gasteiger partial charge in [0, 0.05) is 0 Å². The summed E-state index contributed by atoms with van der Waals surface area (Å²) in [6, 6.07) is 0. The van der Waals surface area contributed by atoms with Crippen molar-refractivity contribution < 1.29 is 62.2 Å². The fourth-order valence-electron chi connectivity index (χ4n) is 4.30. The molecule has 3 radical (unpaired) electrons. The van der Waals surface area contributed by atoms with Crippen molar-refractivity contribution in [3.05, 3.63) is 57.5 Å². The van der Waals surface area contributed by atoms with Crippen molar-refractivity contribution in [2.45, 2.75) is 38.5 Å². The average Bonchev–Trinajstić information content (AvgIpc) is 2.71. The summed E-state index contributed by atoms with van der Waals surface area (Å²) in [5.74, 6) is 2.73. The molecule has 0 aromatic carbocycles. The van der Waals surface area contributed by atoms with Crippen molar-refractivity contribution in [1.82, 2.24) is 0 Å². The molecular weight excluding hydrogens is 547 g/mol. The van der Waals surface area contributed by atoms with Crippen LogP contribution < -0.4 is 0 Å². The number of piperidine rings is 3. The third kappa shape index (κ3) is 15.2. The summed E-state index contributed by atoms with van der Waals surface area (Å²) in [6.45, 7) is 7.46. The van der Waals surface area contributed by atoms with Crippen LogP contribution >= 0.6 is 0 Å². The molecule has 3 fully saturated rings. The first-order chi connectivity index (χ1) is 11.9. The standard InChI is InChI=1S/C10H18N2.C10H14N2.3Cu.2H2N.2H2O/c2*1-5-11-6-2-9(1)10-3-7-12-8-4-10;;;;;;;/h9-10H,1-8H2;1-2,5,10H,3-4,6-8H2;;;;4*1H2/q2*-2;3*+2;2*-1;;. The maximum Gasteiger partial charge on any atom is 2.00 e.